The molecule has 0 atom stereocenters. The van der Waals surface area contributed by atoms with Gasteiger partial charge >= 0.3 is 5.88 Å². The Bertz CT molecular complexity index is 683. The van der Waals surface area contributed by atoms with Gasteiger partial charge in [0.2, 0.25) is 5.27 Å². The normalized spacial score (nSPS) is 17.6. The number of rotatable bonds is 6. The highest BCUT2D eigenvalue weighted by atomic mass is 32.1. The van der Waals surface area contributed by atoms with Crippen LogP contribution in [0.4, 0.5) is 5.88 Å². The van der Waals surface area contributed by atoms with Crippen molar-refractivity contribution in [1.29, 1.82) is 0 Å². The molecule has 1 saturated heterocycles. The summed E-state index contributed by atoms with van der Waals surface area (Å²) in [5.74, 6) is 0.531. The fourth-order valence-corrected chi connectivity index (χ4v) is 3.00. The standard InChI is InChI=1S/C19H33N5O2S/c1-14(2)22-8-10-23(11-9-22)24-13-16(26-21-24)20-17(27)19(6,7)12-15(25)18(3,4)5/h13-14H,8-12H2,1-7H3. The van der Waals surface area contributed by atoms with Crippen LogP contribution in [-0.2, 0) is 17.4 Å². The lowest BCUT2D eigenvalue weighted by Gasteiger charge is -2.33. The minimum absolute atomic E-state index is 0.167. The maximum atomic E-state index is 12.4. The quantitative estimate of drug-likeness (QED) is 0.319. The molecule has 0 unspecified atom stereocenters. The summed E-state index contributed by atoms with van der Waals surface area (Å²) in [6.45, 7) is 17.8. The van der Waals surface area contributed by atoms with Crippen LogP contribution in [0.1, 0.15) is 54.9 Å². The fourth-order valence-electron chi connectivity index (χ4n) is 2.84. The number of Topliss-reactive ketones (excluding diaryl/α,β-unsaturated/α-hetero) is 1. The van der Waals surface area contributed by atoms with Crippen molar-refractivity contribution >= 4 is 29.3 Å². The number of ketones is 1. The Labute approximate surface area is 168 Å². The van der Waals surface area contributed by atoms with Crippen molar-refractivity contribution in [2.24, 2.45) is 15.8 Å². The Morgan fingerprint density at radius 2 is 1.85 bits per heavy atom. The van der Waals surface area contributed by atoms with E-state index < -0.39 is 5.41 Å². The van der Waals surface area contributed by atoms with Gasteiger partial charge in [-0.05, 0) is 19.3 Å². The Kier molecular flexibility index (Phi) is 6.63. The Balaban J connectivity index is 2.04. The van der Waals surface area contributed by atoms with Crippen molar-refractivity contribution in [2.45, 2.75) is 60.9 Å². The molecule has 2 heterocycles. The Morgan fingerprint density at radius 3 is 2.37 bits per heavy atom. The van der Waals surface area contributed by atoms with Gasteiger partial charge < -0.3 is 12.6 Å². The first-order chi connectivity index (χ1) is 12.4. The van der Waals surface area contributed by atoms with Gasteiger partial charge in [0.15, 0.2) is 0 Å². The molecule has 0 saturated carbocycles. The molecule has 0 N–H and O–H groups in total. The van der Waals surface area contributed by atoms with E-state index in [0.29, 0.717) is 23.4 Å². The van der Waals surface area contributed by atoms with Crippen LogP contribution < -0.4 is 9.80 Å². The maximum Gasteiger partial charge on any atom is 0.323 e. The summed E-state index contributed by atoms with van der Waals surface area (Å²) in [5.41, 5.74) is -0.902. The third-order valence-electron chi connectivity index (χ3n) is 4.98. The zero-order valence-electron chi connectivity index (χ0n) is 17.7. The molecule has 2 rings (SSSR count). The molecule has 0 spiro atoms. The minimum Gasteiger partial charge on any atom is -0.764 e. The van der Waals surface area contributed by atoms with Crippen molar-refractivity contribution < 1.29 is 14.1 Å². The predicted molar refractivity (Wildman–Crippen MR) is 109 cm³/mol. The minimum atomic E-state index is -0.514. The molecular weight excluding hydrogens is 362 g/mol. The first-order valence-corrected chi connectivity index (χ1v) is 9.98. The van der Waals surface area contributed by atoms with Crippen molar-refractivity contribution in [3.8, 4) is 0 Å². The summed E-state index contributed by atoms with van der Waals surface area (Å²) >= 11 is 5.49. The highest BCUT2D eigenvalue weighted by Gasteiger charge is 2.30. The summed E-state index contributed by atoms with van der Waals surface area (Å²) in [6, 6.07) is 0.551. The van der Waals surface area contributed by atoms with Gasteiger partial charge in [0.1, 0.15) is 5.78 Å². The third kappa shape index (κ3) is 5.72. The number of hydrogen-bond donors (Lipinski definition) is 0. The lowest BCUT2D eigenvalue weighted by Crippen LogP contribution is -2.65. The third-order valence-corrected chi connectivity index (χ3v) is 5.63. The van der Waals surface area contributed by atoms with E-state index in [1.807, 2.05) is 34.6 Å². The number of carbonyl (C=O) groups is 1. The molecule has 1 aromatic heterocycles. The summed E-state index contributed by atoms with van der Waals surface area (Å²) in [4.78, 5) is 20.9. The molecule has 27 heavy (non-hydrogen) atoms. The molecule has 0 aliphatic carbocycles. The molecule has 7 nitrogen and oxygen atoms in total. The van der Waals surface area contributed by atoms with E-state index in [4.69, 9.17) is 17.2 Å². The molecular formula is C19H33N5O2S. The number of piperazine rings is 1. The maximum absolute atomic E-state index is 12.4. The first kappa shape index (κ1) is 21.8. The Hall–Kier alpha value is -1.54. The molecule has 0 amide bonds. The zero-order chi connectivity index (χ0) is 20.4. The van der Waals surface area contributed by atoms with Crippen molar-refractivity contribution in [1.82, 2.24) is 10.2 Å². The van der Waals surface area contributed by atoms with Crippen molar-refractivity contribution in [3.05, 3.63) is 6.20 Å². The SMILES string of the molecule is CC(C)N1CCN([n+]2cc(N=C([S-])C(C)(C)CC(=O)C(C)(C)C)on2)CC1. The highest BCUT2D eigenvalue weighted by Crippen LogP contribution is 2.29. The summed E-state index contributed by atoms with van der Waals surface area (Å²) in [7, 11) is 0. The monoisotopic (exact) mass is 395 g/mol. The van der Waals surface area contributed by atoms with Crippen LogP contribution in [0.2, 0.25) is 0 Å². The second-order valence-corrected chi connectivity index (χ2v) is 9.58. The summed E-state index contributed by atoms with van der Waals surface area (Å²) in [6.07, 6.45) is 2.10. The van der Waals surface area contributed by atoms with E-state index in [9.17, 15) is 4.79 Å². The van der Waals surface area contributed by atoms with Gasteiger partial charge in [-0.2, -0.15) is 5.01 Å². The first-order valence-electron chi connectivity index (χ1n) is 9.57. The molecule has 0 bridgehead atoms. The zero-order valence-corrected chi connectivity index (χ0v) is 18.5. The van der Waals surface area contributed by atoms with Gasteiger partial charge in [0, 0.05) is 31.0 Å². The second kappa shape index (κ2) is 8.22. The molecule has 152 valence electrons. The lowest BCUT2D eigenvalue weighted by atomic mass is 9.79. The fraction of sp³-hybridized carbons (Fsp3) is 0.789. The number of hydrogen-bond acceptors (Lipinski definition) is 7. The summed E-state index contributed by atoms with van der Waals surface area (Å²) < 4.78 is 5.35. The number of nitrogens with zero attached hydrogens (tertiary/aromatic N) is 5. The van der Waals surface area contributed by atoms with Gasteiger partial charge in [0.05, 0.1) is 17.9 Å². The second-order valence-electron chi connectivity index (χ2n) is 9.19. The Morgan fingerprint density at radius 1 is 1.26 bits per heavy atom. The van der Waals surface area contributed by atoms with Crippen molar-refractivity contribution in [2.75, 3.05) is 31.2 Å². The van der Waals surface area contributed by atoms with Gasteiger partial charge in [-0.15, -0.1) is 0 Å². The topological polar surface area (TPSA) is 65.8 Å². The largest absolute Gasteiger partial charge is 0.764 e. The molecule has 1 aromatic rings. The van der Waals surface area contributed by atoms with E-state index in [1.54, 1.807) is 11.0 Å². The highest BCUT2D eigenvalue weighted by molar-refractivity contribution is 7.77. The molecule has 0 aromatic carbocycles. The van der Waals surface area contributed by atoms with Crippen LogP contribution in [0.25, 0.3) is 0 Å². The number of aromatic nitrogens is 2. The van der Waals surface area contributed by atoms with Crippen LogP contribution in [-0.4, -0.2) is 53.2 Å². The van der Waals surface area contributed by atoms with Gasteiger partial charge in [-0.25, -0.2) is 4.99 Å². The predicted octanol–water partition coefficient (Wildman–Crippen LogP) is 2.23. The average Bonchev–Trinajstić information content (AvgIpc) is 3.02. The van der Waals surface area contributed by atoms with Gasteiger partial charge in [-0.1, -0.05) is 39.7 Å². The van der Waals surface area contributed by atoms with Crippen LogP contribution in [0.3, 0.4) is 0 Å². The molecule has 8 heteroatoms. The van der Waals surface area contributed by atoms with E-state index in [2.05, 4.69) is 34.0 Å². The van der Waals surface area contributed by atoms with Crippen LogP contribution in [0.15, 0.2) is 15.7 Å². The van der Waals surface area contributed by atoms with Crippen LogP contribution in [0, 0.1) is 10.8 Å². The van der Waals surface area contributed by atoms with Crippen LogP contribution in [0.5, 0.6) is 0 Å². The van der Waals surface area contributed by atoms with Gasteiger partial charge in [0.25, 0.3) is 6.20 Å². The summed E-state index contributed by atoms with van der Waals surface area (Å²) in [5, 5.41) is 6.65. The number of carbonyl (C=O) groups excluding carboxylic acids is 1. The van der Waals surface area contributed by atoms with Crippen molar-refractivity contribution in [3.63, 3.8) is 0 Å². The molecule has 1 aliphatic rings. The molecule has 1 aliphatic heterocycles. The average molecular weight is 396 g/mol. The number of aliphatic imine (C=N–C) groups is 1. The van der Waals surface area contributed by atoms with E-state index in [1.165, 1.54) is 0 Å². The van der Waals surface area contributed by atoms with E-state index in [-0.39, 0.29) is 11.2 Å². The van der Waals surface area contributed by atoms with E-state index >= 15 is 0 Å². The lowest BCUT2D eigenvalue weighted by molar-refractivity contribution is -0.759. The smallest absolute Gasteiger partial charge is 0.323 e. The van der Waals surface area contributed by atoms with E-state index in [0.717, 1.165) is 26.2 Å². The van der Waals surface area contributed by atoms with Crippen LogP contribution >= 0.6 is 0 Å². The van der Waals surface area contributed by atoms with Gasteiger partial charge in [-0.3, -0.25) is 14.2 Å². The molecule has 1 fully saturated rings. The molecule has 0 radical (unpaired) electrons.